The van der Waals surface area contributed by atoms with Crippen LogP contribution < -0.4 is 5.32 Å². The van der Waals surface area contributed by atoms with E-state index in [-0.39, 0.29) is 11.5 Å². The van der Waals surface area contributed by atoms with Crippen molar-refractivity contribution in [3.8, 4) is 0 Å². The van der Waals surface area contributed by atoms with Crippen LogP contribution in [0.5, 0.6) is 0 Å². The van der Waals surface area contributed by atoms with Crippen molar-refractivity contribution in [3.63, 3.8) is 0 Å². The minimum Gasteiger partial charge on any atom is -0.378 e. The Labute approximate surface area is 141 Å². The van der Waals surface area contributed by atoms with Crippen molar-refractivity contribution in [1.82, 2.24) is 9.97 Å². The first-order chi connectivity index (χ1) is 9.91. The van der Waals surface area contributed by atoms with Crippen LogP contribution in [0.15, 0.2) is 0 Å². The molecular weight excluding hydrogens is 377 g/mol. The number of hydrogen-bond acceptors (Lipinski definition) is 4. The van der Waals surface area contributed by atoms with Crippen LogP contribution in [0, 0.1) is 3.57 Å². The summed E-state index contributed by atoms with van der Waals surface area (Å²) >= 11 is 2.36. The molecule has 1 aromatic rings. The number of anilines is 1. The van der Waals surface area contributed by atoms with E-state index in [9.17, 15) is 0 Å². The van der Waals surface area contributed by atoms with E-state index in [0.717, 1.165) is 46.9 Å². The van der Waals surface area contributed by atoms with Crippen molar-refractivity contribution >= 4 is 28.4 Å². The molecule has 1 saturated heterocycles. The number of halogens is 1. The Morgan fingerprint density at radius 2 is 2.05 bits per heavy atom. The fraction of sp³-hybridized carbons (Fsp3) is 0.750. The van der Waals surface area contributed by atoms with Crippen LogP contribution in [-0.4, -0.2) is 29.2 Å². The zero-order valence-electron chi connectivity index (χ0n) is 13.5. The lowest BCUT2D eigenvalue weighted by Gasteiger charge is -2.25. The highest BCUT2D eigenvalue weighted by atomic mass is 127. The first kappa shape index (κ1) is 16.9. The van der Waals surface area contributed by atoms with Crippen molar-refractivity contribution in [2.24, 2.45) is 0 Å². The molecule has 0 aromatic carbocycles. The summed E-state index contributed by atoms with van der Waals surface area (Å²) in [4.78, 5) is 9.56. The van der Waals surface area contributed by atoms with E-state index in [4.69, 9.17) is 14.7 Å². The highest BCUT2D eigenvalue weighted by Crippen LogP contribution is 2.30. The third-order valence-electron chi connectivity index (χ3n) is 3.64. The van der Waals surface area contributed by atoms with Crippen LogP contribution in [0.25, 0.3) is 0 Å². The molecule has 1 aliphatic rings. The van der Waals surface area contributed by atoms with Gasteiger partial charge in [-0.25, -0.2) is 9.97 Å². The first-order valence-electron chi connectivity index (χ1n) is 7.84. The van der Waals surface area contributed by atoms with E-state index in [0.29, 0.717) is 0 Å². The molecular formula is C16H26IN3O. The molecule has 4 nitrogen and oxygen atoms in total. The van der Waals surface area contributed by atoms with Crippen molar-refractivity contribution in [3.05, 3.63) is 15.1 Å². The lowest BCUT2D eigenvalue weighted by atomic mass is 9.91. The minimum absolute atomic E-state index is 0.0196. The van der Waals surface area contributed by atoms with Gasteiger partial charge in [-0.2, -0.15) is 0 Å². The number of rotatable bonds is 4. The highest BCUT2D eigenvalue weighted by Gasteiger charge is 2.24. The summed E-state index contributed by atoms with van der Waals surface area (Å²) in [6.07, 6.45) is 4.65. The van der Waals surface area contributed by atoms with Gasteiger partial charge >= 0.3 is 0 Å². The molecule has 0 spiro atoms. The number of nitrogens with one attached hydrogen (secondary N) is 1. The van der Waals surface area contributed by atoms with E-state index in [2.05, 4.69) is 55.6 Å². The molecule has 1 aromatic heterocycles. The maximum atomic E-state index is 5.84. The van der Waals surface area contributed by atoms with Crippen LogP contribution in [-0.2, 0) is 16.6 Å². The molecule has 1 atom stereocenters. The molecule has 2 heterocycles. The van der Waals surface area contributed by atoms with Gasteiger partial charge in [0.25, 0.3) is 0 Å². The van der Waals surface area contributed by atoms with Crippen molar-refractivity contribution in [1.29, 1.82) is 0 Å². The van der Waals surface area contributed by atoms with Gasteiger partial charge in [0.05, 0.1) is 15.4 Å². The predicted molar refractivity (Wildman–Crippen MR) is 94.9 cm³/mol. The second kappa shape index (κ2) is 7.22. The normalized spacial score (nSPS) is 19.6. The summed E-state index contributed by atoms with van der Waals surface area (Å²) in [6.45, 7) is 10.5. The smallest absolute Gasteiger partial charge is 0.143 e. The van der Waals surface area contributed by atoms with Gasteiger partial charge in [-0.05, 0) is 48.8 Å². The van der Waals surface area contributed by atoms with E-state index in [1.165, 1.54) is 12.8 Å². The summed E-state index contributed by atoms with van der Waals surface area (Å²) in [5.41, 5.74) is 1.14. The molecule has 1 N–H and O–H groups in total. The summed E-state index contributed by atoms with van der Waals surface area (Å²) in [7, 11) is 0. The molecule has 1 unspecified atom stereocenters. The van der Waals surface area contributed by atoms with Gasteiger partial charge in [-0.1, -0.05) is 20.8 Å². The fourth-order valence-electron chi connectivity index (χ4n) is 2.54. The van der Waals surface area contributed by atoms with Crippen LogP contribution in [0.3, 0.4) is 0 Å². The Balaban J connectivity index is 2.29. The van der Waals surface area contributed by atoms with Gasteiger partial charge in [0.1, 0.15) is 11.6 Å². The van der Waals surface area contributed by atoms with Gasteiger partial charge in [0.15, 0.2) is 0 Å². The zero-order valence-corrected chi connectivity index (χ0v) is 15.7. The van der Waals surface area contributed by atoms with Crippen molar-refractivity contribution in [2.75, 3.05) is 18.5 Å². The lowest BCUT2D eigenvalue weighted by Crippen LogP contribution is -2.25. The van der Waals surface area contributed by atoms with Gasteiger partial charge < -0.3 is 10.1 Å². The van der Waals surface area contributed by atoms with Crippen LogP contribution in [0.2, 0.25) is 0 Å². The molecule has 5 heteroatoms. The monoisotopic (exact) mass is 403 g/mol. The fourth-order valence-corrected chi connectivity index (χ4v) is 3.78. The highest BCUT2D eigenvalue weighted by molar-refractivity contribution is 14.1. The molecule has 21 heavy (non-hydrogen) atoms. The standard InChI is InChI=1S/C16H26IN3O/c1-5-18-15-13(17)14(16(2,3)4)19-12(20-15)10-11-8-6-7-9-21-11/h11H,5-10H2,1-4H3,(H,18,19,20). The number of nitrogens with zero attached hydrogens (tertiary/aromatic N) is 2. The van der Waals surface area contributed by atoms with Crippen molar-refractivity contribution < 1.29 is 4.74 Å². The number of hydrogen-bond donors (Lipinski definition) is 1. The molecule has 0 amide bonds. The van der Waals surface area contributed by atoms with Crippen LogP contribution in [0.1, 0.15) is 58.5 Å². The summed E-state index contributed by atoms with van der Waals surface area (Å²) in [5, 5.41) is 3.37. The molecule has 0 radical (unpaired) electrons. The Morgan fingerprint density at radius 3 is 2.62 bits per heavy atom. The molecule has 0 bridgehead atoms. The van der Waals surface area contributed by atoms with E-state index in [1.54, 1.807) is 0 Å². The van der Waals surface area contributed by atoms with Gasteiger partial charge in [-0.3, -0.25) is 0 Å². The zero-order chi connectivity index (χ0) is 15.5. The Hall–Kier alpha value is -0.430. The maximum Gasteiger partial charge on any atom is 0.143 e. The third kappa shape index (κ3) is 4.52. The molecule has 2 rings (SSSR count). The summed E-state index contributed by atoms with van der Waals surface area (Å²) in [5.74, 6) is 1.87. The molecule has 0 saturated carbocycles. The second-order valence-corrected chi connectivity index (χ2v) is 7.70. The maximum absolute atomic E-state index is 5.84. The number of aromatic nitrogens is 2. The number of ether oxygens (including phenoxy) is 1. The van der Waals surface area contributed by atoms with Crippen LogP contribution in [0.4, 0.5) is 5.82 Å². The minimum atomic E-state index is 0.0196. The van der Waals surface area contributed by atoms with Gasteiger partial charge in [0, 0.05) is 25.0 Å². The second-order valence-electron chi connectivity index (χ2n) is 6.62. The largest absolute Gasteiger partial charge is 0.378 e. The van der Waals surface area contributed by atoms with E-state index in [1.807, 2.05) is 0 Å². The predicted octanol–water partition coefficient (Wildman–Crippen LogP) is 3.92. The topological polar surface area (TPSA) is 47.0 Å². The Bertz CT molecular complexity index is 479. The SMILES string of the molecule is CCNc1nc(CC2CCCCO2)nc(C(C)(C)C)c1I. The average molecular weight is 403 g/mol. The van der Waals surface area contributed by atoms with E-state index >= 15 is 0 Å². The van der Waals surface area contributed by atoms with Crippen LogP contribution >= 0.6 is 22.6 Å². The summed E-state index contributed by atoms with van der Waals surface area (Å²) in [6, 6.07) is 0. The molecule has 118 valence electrons. The third-order valence-corrected chi connectivity index (χ3v) is 4.66. The van der Waals surface area contributed by atoms with Gasteiger partial charge in [0.2, 0.25) is 0 Å². The lowest BCUT2D eigenvalue weighted by molar-refractivity contribution is 0.0156. The summed E-state index contributed by atoms with van der Waals surface area (Å²) < 4.78 is 6.97. The molecule has 1 aliphatic heterocycles. The Morgan fingerprint density at radius 1 is 1.29 bits per heavy atom. The van der Waals surface area contributed by atoms with Gasteiger partial charge in [-0.15, -0.1) is 0 Å². The molecule has 0 aliphatic carbocycles. The quantitative estimate of drug-likeness (QED) is 0.775. The Kier molecular flexibility index (Phi) is 5.82. The molecule has 1 fully saturated rings. The average Bonchev–Trinajstić information content (AvgIpc) is 2.42. The van der Waals surface area contributed by atoms with Crippen molar-refractivity contribution in [2.45, 2.75) is 64.9 Å². The van der Waals surface area contributed by atoms with E-state index < -0.39 is 0 Å². The first-order valence-corrected chi connectivity index (χ1v) is 8.92.